The predicted octanol–water partition coefficient (Wildman–Crippen LogP) is 3.11. The second-order valence-corrected chi connectivity index (χ2v) is 6.40. The SMILES string of the molecule is O=C(/C=C/c1ccc(Cl)cc1)NC(=S)NNC(=O)COc1ccc(Cl)cc1. The summed E-state index contributed by atoms with van der Waals surface area (Å²) in [6, 6.07) is 13.5. The van der Waals surface area contributed by atoms with Crippen LogP contribution in [0.25, 0.3) is 6.08 Å². The third-order valence-electron chi connectivity index (χ3n) is 3.03. The third-order valence-corrected chi connectivity index (χ3v) is 3.74. The zero-order valence-electron chi connectivity index (χ0n) is 13.9. The molecule has 0 aliphatic heterocycles. The monoisotopic (exact) mass is 423 g/mol. The summed E-state index contributed by atoms with van der Waals surface area (Å²) in [5, 5.41) is 3.52. The van der Waals surface area contributed by atoms with Gasteiger partial charge in [-0.2, -0.15) is 0 Å². The fourth-order valence-electron chi connectivity index (χ4n) is 1.77. The molecule has 2 amide bonds. The Hall–Kier alpha value is -2.61. The van der Waals surface area contributed by atoms with Crippen LogP contribution in [0.3, 0.4) is 0 Å². The molecule has 0 fully saturated rings. The number of thiocarbonyl (C=S) groups is 1. The number of carbonyl (C=O) groups is 2. The Kier molecular flexibility index (Phi) is 8.06. The van der Waals surface area contributed by atoms with Crippen LogP contribution < -0.4 is 20.9 Å². The molecule has 0 atom stereocenters. The van der Waals surface area contributed by atoms with E-state index in [2.05, 4.69) is 16.2 Å². The van der Waals surface area contributed by atoms with Crippen molar-refractivity contribution in [1.29, 1.82) is 0 Å². The standard InChI is InChI=1S/C18H15Cl2N3O3S/c19-13-4-1-12(2-5-13)3-10-16(24)21-18(27)23-22-17(25)11-26-15-8-6-14(20)7-9-15/h1-10H,11H2,(H,22,25)(H2,21,23,24,27)/b10-3+. The molecule has 0 aliphatic rings. The van der Waals surface area contributed by atoms with Crippen molar-refractivity contribution in [3.05, 3.63) is 70.2 Å². The maximum absolute atomic E-state index is 11.8. The molecule has 2 rings (SSSR count). The van der Waals surface area contributed by atoms with Gasteiger partial charge in [0.1, 0.15) is 5.75 Å². The number of benzene rings is 2. The minimum atomic E-state index is -0.474. The van der Waals surface area contributed by atoms with Crippen molar-refractivity contribution in [2.75, 3.05) is 6.61 Å². The predicted molar refractivity (Wildman–Crippen MR) is 109 cm³/mol. The number of carbonyl (C=O) groups excluding carboxylic acids is 2. The first-order chi connectivity index (χ1) is 12.9. The number of hydrogen-bond acceptors (Lipinski definition) is 4. The summed E-state index contributed by atoms with van der Waals surface area (Å²) in [6.07, 6.45) is 2.91. The summed E-state index contributed by atoms with van der Waals surface area (Å²) in [4.78, 5) is 23.5. The van der Waals surface area contributed by atoms with E-state index in [9.17, 15) is 9.59 Å². The minimum Gasteiger partial charge on any atom is -0.484 e. The molecule has 0 bridgehead atoms. The number of ether oxygens (including phenoxy) is 1. The number of hydrogen-bond donors (Lipinski definition) is 3. The number of hydrazine groups is 1. The third kappa shape index (κ3) is 8.08. The van der Waals surface area contributed by atoms with E-state index in [1.165, 1.54) is 6.08 Å². The van der Waals surface area contributed by atoms with E-state index in [0.717, 1.165) is 5.56 Å². The van der Waals surface area contributed by atoms with E-state index in [1.54, 1.807) is 54.6 Å². The second kappa shape index (κ2) is 10.5. The molecule has 0 saturated heterocycles. The maximum atomic E-state index is 11.8. The highest BCUT2D eigenvalue weighted by molar-refractivity contribution is 7.80. The van der Waals surface area contributed by atoms with Gasteiger partial charge in [0, 0.05) is 16.1 Å². The van der Waals surface area contributed by atoms with Crippen molar-refractivity contribution >= 4 is 58.4 Å². The molecule has 0 radical (unpaired) electrons. The summed E-state index contributed by atoms with van der Waals surface area (Å²) >= 11 is 16.5. The molecule has 0 unspecified atom stereocenters. The van der Waals surface area contributed by atoms with Gasteiger partial charge in [-0.15, -0.1) is 0 Å². The summed E-state index contributed by atoms with van der Waals surface area (Å²) < 4.78 is 5.27. The Morgan fingerprint density at radius 3 is 2.19 bits per heavy atom. The molecule has 2 aromatic rings. The van der Waals surface area contributed by atoms with Crippen molar-refractivity contribution in [2.24, 2.45) is 0 Å². The Morgan fingerprint density at radius 1 is 0.963 bits per heavy atom. The Morgan fingerprint density at radius 2 is 1.56 bits per heavy atom. The molecule has 0 spiro atoms. The average Bonchev–Trinajstić information content (AvgIpc) is 2.65. The van der Waals surface area contributed by atoms with Gasteiger partial charge < -0.3 is 4.74 Å². The first-order valence-electron chi connectivity index (χ1n) is 7.64. The van der Waals surface area contributed by atoms with Crippen molar-refractivity contribution < 1.29 is 14.3 Å². The molecule has 9 heteroatoms. The van der Waals surface area contributed by atoms with E-state index in [0.29, 0.717) is 15.8 Å². The Labute approximate surface area is 171 Å². The van der Waals surface area contributed by atoms with Gasteiger partial charge in [0.25, 0.3) is 5.91 Å². The van der Waals surface area contributed by atoms with Gasteiger partial charge >= 0.3 is 0 Å². The molecule has 2 aromatic carbocycles. The van der Waals surface area contributed by atoms with Crippen molar-refractivity contribution in [1.82, 2.24) is 16.2 Å². The molecule has 3 N–H and O–H groups in total. The fraction of sp³-hybridized carbons (Fsp3) is 0.0556. The largest absolute Gasteiger partial charge is 0.484 e. The molecule has 0 aliphatic carbocycles. The molecular formula is C18H15Cl2N3O3S. The highest BCUT2D eigenvalue weighted by Crippen LogP contribution is 2.15. The van der Waals surface area contributed by atoms with Gasteiger partial charge in [-0.25, -0.2) is 0 Å². The highest BCUT2D eigenvalue weighted by Gasteiger charge is 2.05. The van der Waals surface area contributed by atoms with Gasteiger partial charge in [0.2, 0.25) is 5.91 Å². The number of rotatable bonds is 5. The van der Waals surface area contributed by atoms with Gasteiger partial charge in [-0.05, 0) is 60.3 Å². The first kappa shape index (κ1) is 20.7. The maximum Gasteiger partial charge on any atom is 0.276 e. The van der Waals surface area contributed by atoms with Crippen LogP contribution in [0.15, 0.2) is 54.6 Å². The van der Waals surface area contributed by atoms with Gasteiger partial charge in [-0.3, -0.25) is 25.8 Å². The fourth-order valence-corrected chi connectivity index (χ4v) is 2.18. The topological polar surface area (TPSA) is 79.5 Å². The molecule has 6 nitrogen and oxygen atoms in total. The highest BCUT2D eigenvalue weighted by atomic mass is 35.5. The van der Waals surface area contributed by atoms with Crippen molar-refractivity contribution in [3.63, 3.8) is 0 Å². The smallest absolute Gasteiger partial charge is 0.276 e. The van der Waals surface area contributed by atoms with Crippen LogP contribution in [0.5, 0.6) is 5.75 Å². The lowest BCUT2D eigenvalue weighted by Gasteiger charge is -2.10. The minimum absolute atomic E-state index is 0.0550. The number of amides is 2. The van der Waals surface area contributed by atoms with Crippen LogP contribution in [-0.2, 0) is 9.59 Å². The van der Waals surface area contributed by atoms with E-state index in [4.69, 9.17) is 40.2 Å². The van der Waals surface area contributed by atoms with Crippen LogP contribution in [-0.4, -0.2) is 23.5 Å². The lowest BCUT2D eigenvalue weighted by Crippen LogP contribution is -2.49. The number of halogens is 2. The zero-order valence-corrected chi connectivity index (χ0v) is 16.2. The second-order valence-electron chi connectivity index (χ2n) is 5.12. The van der Waals surface area contributed by atoms with Gasteiger partial charge in [0.05, 0.1) is 0 Å². The van der Waals surface area contributed by atoms with Crippen LogP contribution >= 0.6 is 35.4 Å². The molecule has 0 saturated carbocycles. The van der Waals surface area contributed by atoms with Gasteiger partial charge in [0.15, 0.2) is 11.7 Å². The first-order valence-corrected chi connectivity index (χ1v) is 8.80. The van der Waals surface area contributed by atoms with Crippen molar-refractivity contribution in [3.8, 4) is 5.75 Å². The lowest BCUT2D eigenvalue weighted by atomic mass is 10.2. The average molecular weight is 424 g/mol. The van der Waals surface area contributed by atoms with Crippen LogP contribution in [0.1, 0.15) is 5.56 Å². The lowest BCUT2D eigenvalue weighted by molar-refractivity contribution is -0.123. The van der Waals surface area contributed by atoms with E-state index < -0.39 is 11.8 Å². The molecule has 0 heterocycles. The Balaban J connectivity index is 1.68. The molecule has 140 valence electrons. The van der Waals surface area contributed by atoms with E-state index in [1.807, 2.05) is 0 Å². The summed E-state index contributed by atoms with van der Waals surface area (Å²) in [6.45, 7) is -0.234. The van der Waals surface area contributed by atoms with Gasteiger partial charge in [-0.1, -0.05) is 35.3 Å². The molecular weight excluding hydrogens is 409 g/mol. The van der Waals surface area contributed by atoms with Crippen molar-refractivity contribution in [2.45, 2.75) is 0 Å². The van der Waals surface area contributed by atoms with E-state index >= 15 is 0 Å². The van der Waals surface area contributed by atoms with Crippen LogP contribution in [0.2, 0.25) is 10.0 Å². The van der Waals surface area contributed by atoms with Crippen LogP contribution in [0.4, 0.5) is 0 Å². The zero-order chi connectivity index (χ0) is 19.6. The quantitative estimate of drug-likeness (QED) is 0.391. The molecule has 0 aromatic heterocycles. The summed E-state index contributed by atoms with van der Waals surface area (Å²) in [5.74, 6) is -0.426. The summed E-state index contributed by atoms with van der Waals surface area (Å²) in [7, 11) is 0. The summed E-state index contributed by atoms with van der Waals surface area (Å²) in [5.41, 5.74) is 5.53. The van der Waals surface area contributed by atoms with E-state index in [-0.39, 0.29) is 11.7 Å². The normalized spacial score (nSPS) is 10.3. The number of nitrogens with one attached hydrogen (secondary N) is 3. The Bertz CT molecular complexity index is 840. The molecule has 27 heavy (non-hydrogen) atoms. The van der Waals surface area contributed by atoms with Crippen LogP contribution in [0, 0.1) is 0 Å².